The van der Waals surface area contributed by atoms with Gasteiger partial charge in [-0.1, -0.05) is 0 Å². The quantitative estimate of drug-likeness (QED) is 0.588. The molecule has 2 N–H and O–H groups in total. The highest BCUT2D eigenvalue weighted by Gasteiger charge is 2.19. The molecule has 0 atom stereocenters. The van der Waals surface area contributed by atoms with Gasteiger partial charge >= 0.3 is 0 Å². The van der Waals surface area contributed by atoms with Crippen LogP contribution in [0.15, 0.2) is 0 Å². The first-order valence-corrected chi connectivity index (χ1v) is 5.80. The van der Waals surface area contributed by atoms with Crippen molar-refractivity contribution in [2.24, 2.45) is 5.92 Å². The summed E-state index contributed by atoms with van der Waals surface area (Å²) in [5, 5.41) is 6.14. The molecular weight excluding hydrogens is 190 g/mol. The Balaban J connectivity index is 1.88. The monoisotopic (exact) mass is 213 g/mol. The van der Waals surface area contributed by atoms with Gasteiger partial charge in [0.2, 0.25) is 5.91 Å². The maximum Gasteiger partial charge on any atom is 0.220 e. The molecule has 0 aromatic heterocycles. The molecule has 1 saturated heterocycles. The zero-order valence-corrected chi connectivity index (χ0v) is 9.88. The van der Waals surface area contributed by atoms with Gasteiger partial charge in [-0.2, -0.15) is 0 Å². The van der Waals surface area contributed by atoms with E-state index in [9.17, 15) is 4.79 Å². The summed E-state index contributed by atoms with van der Waals surface area (Å²) in [7, 11) is 4.14. The van der Waals surface area contributed by atoms with E-state index in [0.717, 1.165) is 39.0 Å². The lowest BCUT2D eigenvalue weighted by molar-refractivity contribution is -0.122. The highest BCUT2D eigenvalue weighted by atomic mass is 16.1. The first-order valence-electron chi connectivity index (χ1n) is 5.80. The summed E-state index contributed by atoms with van der Waals surface area (Å²) in [5.74, 6) is 0.790. The Bertz CT molecular complexity index is 190. The summed E-state index contributed by atoms with van der Waals surface area (Å²) in [6, 6.07) is 0. The number of hydrogen-bond acceptors (Lipinski definition) is 3. The van der Waals surface area contributed by atoms with Crippen molar-refractivity contribution in [1.82, 2.24) is 15.5 Å². The molecule has 0 aliphatic carbocycles. The molecule has 0 aromatic rings. The number of carbonyl (C=O) groups is 1. The highest BCUT2D eigenvalue weighted by Crippen LogP contribution is 2.07. The molecule has 0 spiro atoms. The number of unbranched alkanes of at least 4 members (excludes halogenated alkanes) is 1. The topological polar surface area (TPSA) is 44.4 Å². The molecule has 1 aliphatic heterocycles. The molecule has 4 heteroatoms. The Morgan fingerprint density at radius 1 is 1.40 bits per heavy atom. The molecule has 88 valence electrons. The van der Waals surface area contributed by atoms with Gasteiger partial charge in [-0.15, -0.1) is 0 Å². The largest absolute Gasteiger partial charge is 0.356 e. The van der Waals surface area contributed by atoms with Crippen LogP contribution in [-0.2, 0) is 4.79 Å². The van der Waals surface area contributed by atoms with Crippen LogP contribution in [0.3, 0.4) is 0 Å². The average molecular weight is 213 g/mol. The molecule has 1 rings (SSSR count). The lowest BCUT2D eigenvalue weighted by Gasteiger charge is -2.26. The predicted octanol–water partition coefficient (Wildman–Crippen LogP) is 0.0539. The average Bonchev–Trinajstić information content (AvgIpc) is 2.10. The normalized spacial score (nSPS) is 16.5. The van der Waals surface area contributed by atoms with Crippen LogP contribution in [0.1, 0.15) is 19.3 Å². The van der Waals surface area contributed by atoms with Crippen LogP contribution >= 0.6 is 0 Å². The van der Waals surface area contributed by atoms with Crippen molar-refractivity contribution in [3.05, 3.63) is 0 Å². The Labute approximate surface area is 92.4 Å². The van der Waals surface area contributed by atoms with Gasteiger partial charge in [-0.05, 0) is 52.5 Å². The first kappa shape index (κ1) is 12.5. The van der Waals surface area contributed by atoms with Crippen LogP contribution in [-0.4, -0.2) is 51.1 Å². The third kappa shape index (κ3) is 5.74. The van der Waals surface area contributed by atoms with Gasteiger partial charge in [-0.3, -0.25) is 4.79 Å². The summed E-state index contributed by atoms with van der Waals surface area (Å²) < 4.78 is 0. The summed E-state index contributed by atoms with van der Waals surface area (Å²) >= 11 is 0. The molecule has 4 nitrogen and oxygen atoms in total. The number of amides is 1. The second kappa shape index (κ2) is 6.80. The van der Waals surface area contributed by atoms with Crippen molar-refractivity contribution in [1.29, 1.82) is 0 Å². The molecule has 0 bridgehead atoms. The summed E-state index contributed by atoms with van der Waals surface area (Å²) in [4.78, 5) is 13.6. The van der Waals surface area contributed by atoms with Crippen molar-refractivity contribution < 1.29 is 4.79 Å². The van der Waals surface area contributed by atoms with E-state index in [0.29, 0.717) is 12.3 Å². The molecule has 0 unspecified atom stereocenters. The molecule has 0 saturated carbocycles. The van der Waals surface area contributed by atoms with Crippen molar-refractivity contribution in [3.63, 3.8) is 0 Å². The van der Waals surface area contributed by atoms with Gasteiger partial charge < -0.3 is 15.5 Å². The molecule has 0 aromatic carbocycles. The van der Waals surface area contributed by atoms with Gasteiger partial charge in [0.25, 0.3) is 0 Å². The molecule has 0 radical (unpaired) electrons. The molecule has 15 heavy (non-hydrogen) atoms. The third-order valence-electron chi connectivity index (χ3n) is 2.69. The van der Waals surface area contributed by atoms with Gasteiger partial charge in [-0.25, -0.2) is 0 Å². The van der Waals surface area contributed by atoms with E-state index in [1.54, 1.807) is 0 Å². The summed E-state index contributed by atoms with van der Waals surface area (Å²) in [6.07, 6.45) is 2.92. The number of hydrogen-bond donors (Lipinski definition) is 2. The molecule has 1 amide bonds. The molecular formula is C11H23N3O. The third-order valence-corrected chi connectivity index (χ3v) is 2.69. The van der Waals surface area contributed by atoms with Crippen LogP contribution in [0.2, 0.25) is 0 Å². The Morgan fingerprint density at radius 2 is 2.13 bits per heavy atom. The fraction of sp³-hybridized carbons (Fsp3) is 0.909. The summed E-state index contributed by atoms with van der Waals surface area (Å²) in [6.45, 7) is 3.94. The van der Waals surface area contributed by atoms with Crippen LogP contribution in [0.5, 0.6) is 0 Å². The second-order valence-corrected chi connectivity index (χ2v) is 4.59. The van der Waals surface area contributed by atoms with Gasteiger partial charge in [0.1, 0.15) is 0 Å². The van der Waals surface area contributed by atoms with Crippen LogP contribution in [0, 0.1) is 5.92 Å². The van der Waals surface area contributed by atoms with Crippen molar-refractivity contribution in [3.8, 4) is 0 Å². The van der Waals surface area contributed by atoms with E-state index in [1.807, 2.05) is 0 Å². The van der Waals surface area contributed by atoms with E-state index in [4.69, 9.17) is 0 Å². The molecule has 1 heterocycles. The fourth-order valence-electron chi connectivity index (χ4n) is 1.61. The minimum Gasteiger partial charge on any atom is -0.356 e. The van der Waals surface area contributed by atoms with Crippen LogP contribution < -0.4 is 10.6 Å². The van der Waals surface area contributed by atoms with E-state index in [-0.39, 0.29) is 5.91 Å². The predicted molar refractivity (Wildman–Crippen MR) is 61.8 cm³/mol. The SMILES string of the molecule is CN(C)CCCCNC(=O)CC1CNC1. The van der Waals surface area contributed by atoms with E-state index in [1.165, 1.54) is 0 Å². The van der Waals surface area contributed by atoms with Crippen LogP contribution in [0.25, 0.3) is 0 Å². The Hall–Kier alpha value is -0.610. The van der Waals surface area contributed by atoms with E-state index in [2.05, 4.69) is 29.6 Å². The van der Waals surface area contributed by atoms with E-state index < -0.39 is 0 Å². The van der Waals surface area contributed by atoms with Crippen molar-refractivity contribution in [2.45, 2.75) is 19.3 Å². The van der Waals surface area contributed by atoms with Gasteiger partial charge in [0, 0.05) is 13.0 Å². The van der Waals surface area contributed by atoms with Crippen LogP contribution in [0.4, 0.5) is 0 Å². The molecule has 1 fully saturated rings. The highest BCUT2D eigenvalue weighted by molar-refractivity contribution is 5.76. The maximum atomic E-state index is 11.4. The summed E-state index contributed by atoms with van der Waals surface area (Å²) in [5.41, 5.74) is 0. The van der Waals surface area contributed by atoms with Gasteiger partial charge in [0.05, 0.1) is 0 Å². The number of nitrogens with zero attached hydrogens (tertiary/aromatic N) is 1. The van der Waals surface area contributed by atoms with Crippen molar-refractivity contribution >= 4 is 5.91 Å². The minimum absolute atomic E-state index is 0.214. The first-order chi connectivity index (χ1) is 7.18. The Morgan fingerprint density at radius 3 is 2.67 bits per heavy atom. The number of rotatable bonds is 7. The second-order valence-electron chi connectivity index (χ2n) is 4.59. The minimum atomic E-state index is 0.214. The zero-order valence-electron chi connectivity index (χ0n) is 9.88. The van der Waals surface area contributed by atoms with Gasteiger partial charge in [0.15, 0.2) is 0 Å². The smallest absolute Gasteiger partial charge is 0.220 e. The Kier molecular flexibility index (Phi) is 5.65. The lowest BCUT2D eigenvalue weighted by atomic mass is 9.99. The number of nitrogens with one attached hydrogen (secondary N) is 2. The molecule has 1 aliphatic rings. The lowest BCUT2D eigenvalue weighted by Crippen LogP contribution is -2.44. The van der Waals surface area contributed by atoms with E-state index >= 15 is 0 Å². The standard InChI is InChI=1S/C11H23N3O/c1-14(2)6-4-3-5-13-11(15)7-10-8-12-9-10/h10,12H,3-9H2,1-2H3,(H,13,15). The van der Waals surface area contributed by atoms with Crippen molar-refractivity contribution in [2.75, 3.05) is 40.3 Å². The zero-order chi connectivity index (χ0) is 11.1. The maximum absolute atomic E-state index is 11.4. The fourth-order valence-corrected chi connectivity index (χ4v) is 1.61. The number of carbonyl (C=O) groups excluding carboxylic acids is 1.